The van der Waals surface area contributed by atoms with E-state index in [-0.39, 0.29) is 0 Å². The van der Waals surface area contributed by atoms with Crippen molar-refractivity contribution >= 4 is 20.2 Å². The number of rotatable bonds is 6. The van der Waals surface area contributed by atoms with Crippen LogP contribution in [0.3, 0.4) is 0 Å². The SMILES string of the molecule is O=S(=O)([O][Zn][O]S(=O)(=O)C(F)F)C(F)F. The summed E-state index contributed by atoms with van der Waals surface area (Å²) < 4.78 is 93.9. The van der Waals surface area contributed by atoms with Gasteiger partial charge in [-0.1, -0.05) is 0 Å². The van der Waals surface area contributed by atoms with Crippen LogP contribution in [0.25, 0.3) is 0 Å². The molecule has 0 aliphatic rings. The summed E-state index contributed by atoms with van der Waals surface area (Å²) in [5, 5.41) is 0. The molecule has 0 amide bonds. The molecule has 88 valence electrons. The van der Waals surface area contributed by atoms with Crippen LogP contribution in [0, 0.1) is 0 Å². The second kappa shape index (κ2) is 5.48. The Kier molecular flexibility index (Phi) is 5.54. The Morgan fingerprint density at radius 2 is 1.07 bits per heavy atom. The summed E-state index contributed by atoms with van der Waals surface area (Å²) in [5.41, 5.74) is 0. The average molecular weight is 328 g/mol. The fraction of sp³-hybridized carbons (Fsp3) is 1.00. The molecule has 0 aromatic rings. The van der Waals surface area contributed by atoms with Gasteiger partial charge in [-0.3, -0.25) is 0 Å². The molecule has 0 aliphatic heterocycles. The van der Waals surface area contributed by atoms with E-state index in [9.17, 15) is 34.4 Å². The fourth-order valence-electron chi connectivity index (χ4n) is 0.257. The van der Waals surface area contributed by atoms with Crippen molar-refractivity contribution in [2.45, 2.75) is 11.5 Å². The van der Waals surface area contributed by atoms with Gasteiger partial charge in [-0.25, -0.2) is 0 Å². The average Bonchev–Trinajstić information content (AvgIpc) is 2.02. The molecule has 0 bridgehead atoms. The van der Waals surface area contributed by atoms with Crippen molar-refractivity contribution in [1.29, 1.82) is 0 Å². The Bertz CT molecular complexity index is 349. The molecule has 0 rings (SSSR count). The topological polar surface area (TPSA) is 86.7 Å². The molecule has 0 unspecified atom stereocenters. The monoisotopic (exact) mass is 326 g/mol. The second-order valence-electron chi connectivity index (χ2n) is 1.86. The van der Waals surface area contributed by atoms with E-state index in [1.54, 1.807) is 0 Å². The fourth-order valence-corrected chi connectivity index (χ4v) is 4.61. The van der Waals surface area contributed by atoms with Gasteiger partial charge in [0.05, 0.1) is 0 Å². The van der Waals surface area contributed by atoms with Gasteiger partial charge in [-0.05, 0) is 0 Å². The molecule has 6 nitrogen and oxygen atoms in total. The first-order chi connectivity index (χ1) is 6.59. The van der Waals surface area contributed by atoms with Gasteiger partial charge in [0.2, 0.25) is 0 Å². The summed E-state index contributed by atoms with van der Waals surface area (Å²) in [4.78, 5) is 0. The number of hydrogen-bond donors (Lipinski definition) is 0. The molecule has 0 heterocycles. The molecule has 0 aromatic heterocycles. The normalized spacial score (nSPS) is 13.2. The zero-order valence-corrected chi connectivity index (χ0v) is 11.2. The third kappa shape index (κ3) is 5.15. The number of hydrogen-bond acceptors (Lipinski definition) is 6. The van der Waals surface area contributed by atoms with Crippen LogP contribution in [-0.2, 0) is 44.1 Å². The maximum atomic E-state index is 11.6. The molecule has 15 heavy (non-hydrogen) atoms. The molecular weight excluding hydrogens is 326 g/mol. The summed E-state index contributed by atoms with van der Waals surface area (Å²) in [7, 11) is -10.5. The molecule has 0 fully saturated rings. The van der Waals surface area contributed by atoms with Crippen LogP contribution in [0.4, 0.5) is 17.6 Å². The van der Waals surface area contributed by atoms with Gasteiger partial charge in [0.1, 0.15) is 0 Å². The van der Waals surface area contributed by atoms with Gasteiger partial charge in [0.25, 0.3) is 0 Å². The number of alkyl halides is 4. The summed E-state index contributed by atoms with van der Waals surface area (Å²) in [5.74, 6) is -7.75. The van der Waals surface area contributed by atoms with Crippen molar-refractivity contribution in [2.75, 3.05) is 0 Å². The van der Waals surface area contributed by atoms with Gasteiger partial charge in [-0.15, -0.1) is 0 Å². The third-order valence-electron chi connectivity index (χ3n) is 0.861. The van der Waals surface area contributed by atoms with Gasteiger partial charge in [0.15, 0.2) is 0 Å². The molecule has 0 saturated heterocycles. The van der Waals surface area contributed by atoms with Gasteiger partial charge in [0, 0.05) is 0 Å². The van der Waals surface area contributed by atoms with Crippen molar-refractivity contribution in [3.05, 3.63) is 0 Å². The van der Waals surface area contributed by atoms with Gasteiger partial charge >= 0.3 is 90.0 Å². The summed E-state index contributed by atoms with van der Waals surface area (Å²) in [6, 6.07) is 0. The number of halogens is 4. The van der Waals surface area contributed by atoms with Crippen molar-refractivity contribution in [3.8, 4) is 0 Å². The Labute approximate surface area is 90.2 Å². The summed E-state index contributed by atoms with van der Waals surface area (Å²) in [6.07, 6.45) is 0. The van der Waals surface area contributed by atoms with E-state index in [2.05, 4.69) is 6.02 Å². The van der Waals surface area contributed by atoms with Crippen LogP contribution in [-0.4, -0.2) is 28.4 Å². The summed E-state index contributed by atoms with van der Waals surface area (Å²) in [6.45, 7) is 0. The molecule has 0 aliphatic carbocycles. The first-order valence-corrected chi connectivity index (χ1v) is 8.29. The first-order valence-electron chi connectivity index (χ1n) is 2.92. The molecular formula is C2H2F4O6S2Zn. The van der Waals surface area contributed by atoms with Crippen molar-refractivity contribution < 1.29 is 58.3 Å². The minimum absolute atomic E-state index is 3.45. The summed E-state index contributed by atoms with van der Waals surface area (Å²) >= 11 is -3.46. The van der Waals surface area contributed by atoms with Crippen LogP contribution >= 0.6 is 0 Å². The minimum atomic E-state index is -5.23. The van der Waals surface area contributed by atoms with E-state index in [0.717, 1.165) is 0 Å². The Morgan fingerprint density at radius 3 is 1.27 bits per heavy atom. The predicted octanol–water partition coefficient (Wildman–Crippen LogP) is 0.0369. The molecule has 13 heteroatoms. The zero-order valence-electron chi connectivity index (χ0n) is 6.64. The van der Waals surface area contributed by atoms with Crippen molar-refractivity contribution in [2.24, 2.45) is 0 Å². The van der Waals surface area contributed by atoms with E-state index in [4.69, 9.17) is 0 Å². The standard InChI is InChI=1S/2CH2F2O3S.Zn/c2*2-1(3)7(4,5)6;/h2*1H,(H,4,5,6);/q;;+2/p-2. The van der Waals surface area contributed by atoms with Crippen LogP contribution in [0.2, 0.25) is 0 Å². The van der Waals surface area contributed by atoms with Crippen LogP contribution in [0.15, 0.2) is 0 Å². The van der Waals surface area contributed by atoms with Crippen LogP contribution in [0.1, 0.15) is 0 Å². The van der Waals surface area contributed by atoms with E-state index >= 15 is 0 Å². The molecule has 0 radical (unpaired) electrons. The maximum absolute atomic E-state index is 11.6. The van der Waals surface area contributed by atoms with E-state index < -0.39 is 49.6 Å². The van der Waals surface area contributed by atoms with E-state index in [0.29, 0.717) is 0 Å². The van der Waals surface area contributed by atoms with Gasteiger partial charge in [-0.2, -0.15) is 0 Å². The predicted molar refractivity (Wildman–Crippen MR) is 32.0 cm³/mol. The van der Waals surface area contributed by atoms with E-state index in [1.165, 1.54) is 0 Å². The van der Waals surface area contributed by atoms with Crippen LogP contribution < -0.4 is 0 Å². The third-order valence-corrected chi connectivity index (χ3v) is 7.93. The molecule has 0 saturated carbocycles. The van der Waals surface area contributed by atoms with Crippen molar-refractivity contribution in [1.82, 2.24) is 0 Å². The molecule has 0 atom stereocenters. The Hall–Kier alpha value is 0.163. The van der Waals surface area contributed by atoms with Crippen LogP contribution in [0.5, 0.6) is 0 Å². The second-order valence-corrected chi connectivity index (χ2v) is 8.48. The Balaban J connectivity index is 4.25. The molecule has 0 N–H and O–H groups in total. The van der Waals surface area contributed by atoms with E-state index in [1.807, 2.05) is 0 Å². The first kappa shape index (κ1) is 15.2. The molecule has 0 spiro atoms. The quantitative estimate of drug-likeness (QED) is 0.505. The zero-order chi connectivity index (χ0) is 12.3. The molecule has 0 aromatic carbocycles. The van der Waals surface area contributed by atoms with Crippen molar-refractivity contribution in [3.63, 3.8) is 0 Å². The van der Waals surface area contributed by atoms with Gasteiger partial charge < -0.3 is 0 Å². The Morgan fingerprint density at radius 1 is 0.800 bits per heavy atom.